The normalized spacial score (nSPS) is 12.3. The molecule has 0 atom stereocenters. The number of hydrogen-bond acceptors (Lipinski definition) is 7. The summed E-state index contributed by atoms with van der Waals surface area (Å²) in [5.74, 6) is -0.462. The van der Waals surface area contributed by atoms with Gasteiger partial charge < -0.3 is 15.6 Å². The number of nitrogens with one attached hydrogen (secondary N) is 2. The molecule has 0 aliphatic heterocycles. The topological polar surface area (TPSA) is 107 Å². The van der Waals surface area contributed by atoms with Crippen molar-refractivity contribution in [2.24, 2.45) is 7.05 Å². The van der Waals surface area contributed by atoms with Crippen LogP contribution in [0.15, 0.2) is 52.1 Å². The van der Waals surface area contributed by atoms with E-state index in [4.69, 9.17) is 5.73 Å². The lowest BCUT2D eigenvalue weighted by Gasteiger charge is -2.19. The molecule has 2 aromatic heterocycles. The molecule has 1 saturated carbocycles. The number of rotatable bonds is 5. The Kier molecular flexibility index (Phi) is 9.93. The Morgan fingerprint density at radius 2 is 1.74 bits per heavy atom. The molecule has 0 radical (unpaired) electrons. The van der Waals surface area contributed by atoms with Crippen LogP contribution in [0.4, 0.5) is 21.5 Å². The molecular formula is C29H37FN6O2S. The summed E-state index contributed by atoms with van der Waals surface area (Å²) in [7, 11) is 3.51. The molecule has 1 aliphatic carbocycles. The Labute approximate surface area is 232 Å². The van der Waals surface area contributed by atoms with Crippen molar-refractivity contribution in [1.82, 2.24) is 19.1 Å². The second-order valence-corrected chi connectivity index (χ2v) is 9.88. The zero-order chi connectivity index (χ0) is 28.9. The lowest BCUT2D eigenvalue weighted by atomic mass is 10.0. The third-order valence-electron chi connectivity index (χ3n) is 6.32. The molecule has 4 aromatic rings. The van der Waals surface area contributed by atoms with Crippen molar-refractivity contribution in [2.75, 3.05) is 24.4 Å². The highest BCUT2D eigenvalue weighted by Crippen LogP contribution is 2.37. The van der Waals surface area contributed by atoms with Crippen LogP contribution in [0.25, 0.3) is 22.2 Å². The first-order valence-corrected chi connectivity index (χ1v) is 14.1. The van der Waals surface area contributed by atoms with Crippen molar-refractivity contribution in [3.8, 4) is 11.3 Å². The number of hydrogen-bond donors (Lipinski definition) is 3. The number of nitrogens with two attached hydrogens (primary N) is 1. The molecule has 0 amide bonds. The molecule has 39 heavy (non-hydrogen) atoms. The molecule has 10 heteroatoms. The minimum atomic E-state index is -0.462. The van der Waals surface area contributed by atoms with E-state index in [0.29, 0.717) is 39.1 Å². The number of nitrogen functional groups attached to an aromatic ring is 1. The summed E-state index contributed by atoms with van der Waals surface area (Å²) in [5.41, 5.74) is 9.10. The zero-order valence-electron chi connectivity index (χ0n) is 23.6. The Morgan fingerprint density at radius 1 is 1.08 bits per heavy atom. The quantitative estimate of drug-likeness (QED) is 0.216. The van der Waals surface area contributed by atoms with Crippen LogP contribution < -0.4 is 26.9 Å². The molecule has 0 unspecified atom stereocenters. The van der Waals surface area contributed by atoms with Gasteiger partial charge in [0.1, 0.15) is 11.5 Å². The van der Waals surface area contributed by atoms with Crippen molar-refractivity contribution in [1.29, 1.82) is 0 Å². The van der Waals surface area contributed by atoms with Crippen LogP contribution in [0, 0.1) is 19.7 Å². The third kappa shape index (κ3) is 6.34. The van der Waals surface area contributed by atoms with Gasteiger partial charge in [-0.3, -0.25) is 14.3 Å². The number of pyridine rings is 1. The maximum Gasteiger partial charge on any atom is 0.278 e. The molecule has 1 fully saturated rings. The fourth-order valence-electron chi connectivity index (χ4n) is 4.19. The van der Waals surface area contributed by atoms with Crippen LogP contribution in [0.2, 0.25) is 0 Å². The SMILES string of the molecule is CC.CNSC.Cc1ccc(Nc2c(C)c(=O)n(C)c3c(-c4cccc(N)c4)nn(C4CC4)c(=O)c23)c(F)c1. The Hall–Kier alpha value is -3.63. The van der Waals surface area contributed by atoms with Crippen molar-refractivity contribution in [2.45, 2.75) is 46.6 Å². The summed E-state index contributed by atoms with van der Waals surface area (Å²) < 4.78 is 20.5. The van der Waals surface area contributed by atoms with E-state index in [9.17, 15) is 14.0 Å². The largest absolute Gasteiger partial charge is 0.399 e. The number of aromatic nitrogens is 3. The number of nitrogens with zero attached hydrogens (tertiary/aromatic N) is 3. The highest BCUT2D eigenvalue weighted by Gasteiger charge is 2.30. The number of fused-ring (bicyclic) bond motifs is 1. The van der Waals surface area contributed by atoms with E-state index in [1.807, 2.05) is 33.2 Å². The van der Waals surface area contributed by atoms with Gasteiger partial charge in [-0.05, 0) is 69.8 Å². The molecule has 1 aliphatic rings. The van der Waals surface area contributed by atoms with E-state index in [0.717, 1.165) is 18.4 Å². The van der Waals surface area contributed by atoms with Gasteiger partial charge in [-0.2, -0.15) is 5.10 Å². The molecule has 4 N–H and O–H groups in total. The fraction of sp³-hybridized carbons (Fsp3) is 0.345. The average Bonchev–Trinajstić information content (AvgIpc) is 3.77. The summed E-state index contributed by atoms with van der Waals surface area (Å²) >= 11 is 1.61. The predicted octanol–water partition coefficient (Wildman–Crippen LogP) is 5.69. The Morgan fingerprint density at radius 3 is 2.31 bits per heavy atom. The van der Waals surface area contributed by atoms with Crippen LogP contribution in [-0.4, -0.2) is 27.7 Å². The second kappa shape index (κ2) is 12.9. The van der Waals surface area contributed by atoms with E-state index in [-0.39, 0.29) is 22.8 Å². The third-order valence-corrected chi connectivity index (χ3v) is 6.73. The fourth-order valence-corrected chi connectivity index (χ4v) is 4.19. The van der Waals surface area contributed by atoms with Crippen molar-refractivity contribution in [3.05, 3.63) is 80.1 Å². The van der Waals surface area contributed by atoms with Crippen molar-refractivity contribution < 1.29 is 4.39 Å². The Balaban J connectivity index is 0.000000644. The summed E-state index contributed by atoms with van der Waals surface area (Å²) in [6.07, 6.45) is 3.70. The summed E-state index contributed by atoms with van der Waals surface area (Å²) in [4.78, 5) is 26.8. The van der Waals surface area contributed by atoms with Gasteiger partial charge >= 0.3 is 0 Å². The minimum Gasteiger partial charge on any atom is -0.399 e. The molecule has 0 spiro atoms. The minimum absolute atomic E-state index is 0.00297. The molecule has 8 nitrogen and oxygen atoms in total. The Bertz CT molecular complexity index is 1590. The number of halogens is 1. The van der Waals surface area contributed by atoms with Crippen molar-refractivity contribution >= 4 is 39.9 Å². The van der Waals surface area contributed by atoms with E-state index >= 15 is 0 Å². The first kappa shape index (κ1) is 29.9. The van der Waals surface area contributed by atoms with E-state index in [1.54, 1.807) is 63.2 Å². The van der Waals surface area contributed by atoms with Crippen LogP contribution >= 0.6 is 11.9 Å². The summed E-state index contributed by atoms with van der Waals surface area (Å²) in [6, 6.07) is 12.0. The first-order valence-electron chi connectivity index (χ1n) is 12.9. The van der Waals surface area contributed by atoms with Gasteiger partial charge in [0.2, 0.25) is 0 Å². The standard InChI is InChI=1S/C25H24FN5O2.C2H7NS.C2H6/c1-13-7-10-19(18(26)11-13)28-21-14(2)24(32)30(3)23-20(21)25(33)31(17-8-9-17)29-22(23)15-5-4-6-16(27)12-15;1-3-4-2;1-2/h4-7,10-12,17,28H,8-9,27H2,1-3H3;3H,1-2H3;1-2H3. The van der Waals surface area contributed by atoms with Crippen LogP contribution in [0.1, 0.15) is 43.9 Å². The van der Waals surface area contributed by atoms with E-state index in [2.05, 4.69) is 15.1 Å². The van der Waals surface area contributed by atoms with Gasteiger partial charge in [0.15, 0.2) is 0 Å². The molecule has 5 rings (SSSR count). The molecule has 2 heterocycles. The number of benzene rings is 2. The lowest BCUT2D eigenvalue weighted by molar-refractivity contribution is 0.607. The van der Waals surface area contributed by atoms with Crippen molar-refractivity contribution in [3.63, 3.8) is 0 Å². The smallest absolute Gasteiger partial charge is 0.278 e. The monoisotopic (exact) mass is 552 g/mol. The van der Waals surface area contributed by atoms with Crippen LogP contribution in [0.3, 0.4) is 0 Å². The average molecular weight is 553 g/mol. The maximum absolute atomic E-state index is 14.7. The second-order valence-electron chi connectivity index (χ2n) is 9.06. The van der Waals surface area contributed by atoms with E-state index < -0.39 is 5.82 Å². The van der Waals surface area contributed by atoms with Gasteiger partial charge in [-0.1, -0.05) is 44.0 Å². The zero-order valence-corrected chi connectivity index (χ0v) is 24.4. The lowest BCUT2D eigenvalue weighted by Crippen LogP contribution is -2.29. The van der Waals surface area contributed by atoms with Gasteiger partial charge in [0, 0.05) is 23.9 Å². The molecule has 2 aromatic carbocycles. The van der Waals surface area contributed by atoms with E-state index in [1.165, 1.54) is 15.3 Å². The number of aryl methyl sites for hydroxylation is 2. The summed E-state index contributed by atoms with van der Waals surface area (Å²) in [6.45, 7) is 7.43. The van der Waals surface area contributed by atoms with Crippen LogP contribution in [0.5, 0.6) is 0 Å². The highest BCUT2D eigenvalue weighted by molar-refractivity contribution is 7.96. The molecular weight excluding hydrogens is 515 g/mol. The van der Waals surface area contributed by atoms with Gasteiger partial charge in [-0.25, -0.2) is 9.07 Å². The number of anilines is 3. The highest BCUT2D eigenvalue weighted by atomic mass is 32.2. The van der Waals surface area contributed by atoms with Crippen LogP contribution in [-0.2, 0) is 7.05 Å². The van der Waals surface area contributed by atoms with Gasteiger partial charge in [0.25, 0.3) is 11.1 Å². The maximum atomic E-state index is 14.7. The molecule has 208 valence electrons. The predicted molar refractivity (Wildman–Crippen MR) is 162 cm³/mol. The van der Waals surface area contributed by atoms with Gasteiger partial charge in [-0.15, -0.1) is 0 Å². The molecule has 0 bridgehead atoms. The molecule has 0 saturated heterocycles. The van der Waals surface area contributed by atoms with Gasteiger partial charge in [0.05, 0.1) is 28.3 Å². The summed E-state index contributed by atoms with van der Waals surface area (Å²) in [5, 5.41) is 8.01. The first-order chi connectivity index (χ1) is 18.7.